The molecule has 0 aliphatic carbocycles. The lowest BCUT2D eigenvalue weighted by Gasteiger charge is -2.22. The summed E-state index contributed by atoms with van der Waals surface area (Å²) in [6.07, 6.45) is 1.09. The van der Waals surface area contributed by atoms with Gasteiger partial charge in [0.2, 0.25) is 0 Å². The maximum Gasteiger partial charge on any atom is 0.0345 e. The number of benzene rings is 1. The van der Waals surface area contributed by atoms with Crippen molar-refractivity contribution < 1.29 is 0 Å². The van der Waals surface area contributed by atoms with Gasteiger partial charge in [-0.25, -0.2) is 0 Å². The first-order valence-electron chi connectivity index (χ1n) is 5.95. The maximum atomic E-state index is 5.71. The van der Waals surface area contributed by atoms with Gasteiger partial charge in [0, 0.05) is 12.2 Å². The number of aryl methyl sites for hydroxylation is 2. The largest absolute Gasteiger partial charge is 0.385 e. The summed E-state index contributed by atoms with van der Waals surface area (Å²) in [6.45, 7) is 10.4. The van der Waals surface area contributed by atoms with Crippen LogP contribution in [0.15, 0.2) is 18.2 Å². The van der Waals surface area contributed by atoms with Gasteiger partial charge in [-0.15, -0.1) is 0 Å². The van der Waals surface area contributed by atoms with E-state index in [1.807, 2.05) is 0 Å². The molecule has 0 radical (unpaired) electrons. The molecule has 0 atom stereocenters. The molecule has 90 valence electrons. The molecule has 1 rings (SSSR count). The summed E-state index contributed by atoms with van der Waals surface area (Å²) >= 11 is 0. The van der Waals surface area contributed by atoms with E-state index in [9.17, 15) is 0 Å². The van der Waals surface area contributed by atoms with Gasteiger partial charge in [-0.3, -0.25) is 0 Å². The molecule has 1 aromatic rings. The van der Waals surface area contributed by atoms with Gasteiger partial charge in [-0.2, -0.15) is 0 Å². The Balaban J connectivity index is 2.49. The third-order valence-corrected chi connectivity index (χ3v) is 2.91. The molecule has 3 N–H and O–H groups in total. The van der Waals surface area contributed by atoms with E-state index < -0.39 is 0 Å². The van der Waals surface area contributed by atoms with Crippen LogP contribution in [0, 0.1) is 19.3 Å². The maximum absolute atomic E-state index is 5.71. The first-order valence-corrected chi connectivity index (χ1v) is 5.95. The van der Waals surface area contributed by atoms with Crippen molar-refractivity contribution in [1.82, 2.24) is 0 Å². The lowest BCUT2D eigenvalue weighted by Crippen LogP contribution is -2.26. The van der Waals surface area contributed by atoms with Gasteiger partial charge >= 0.3 is 0 Å². The molecule has 0 saturated heterocycles. The Morgan fingerprint density at radius 2 is 1.69 bits per heavy atom. The van der Waals surface area contributed by atoms with Gasteiger partial charge in [0.25, 0.3) is 0 Å². The molecule has 0 spiro atoms. The zero-order valence-electron chi connectivity index (χ0n) is 10.9. The molecule has 0 heterocycles. The van der Waals surface area contributed by atoms with Crippen LogP contribution in [0.1, 0.15) is 31.4 Å². The Morgan fingerprint density at radius 3 is 2.19 bits per heavy atom. The van der Waals surface area contributed by atoms with Crippen molar-refractivity contribution in [3.05, 3.63) is 29.3 Å². The third-order valence-electron chi connectivity index (χ3n) is 2.91. The minimum Gasteiger partial charge on any atom is -0.385 e. The molecule has 16 heavy (non-hydrogen) atoms. The summed E-state index contributed by atoms with van der Waals surface area (Å²) in [5.41, 5.74) is 9.76. The SMILES string of the molecule is Cc1cc(C)cc(NCCC(C)(C)CN)c1. The second kappa shape index (κ2) is 5.35. The predicted molar refractivity (Wildman–Crippen MR) is 71.9 cm³/mol. The van der Waals surface area contributed by atoms with E-state index >= 15 is 0 Å². The average Bonchev–Trinajstić information content (AvgIpc) is 2.16. The minimum atomic E-state index is 0.228. The minimum absolute atomic E-state index is 0.228. The van der Waals surface area contributed by atoms with Gasteiger partial charge in [0.1, 0.15) is 0 Å². The van der Waals surface area contributed by atoms with Gasteiger partial charge in [0.15, 0.2) is 0 Å². The number of nitrogens with two attached hydrogens (primary N) is 1. The molecule has 0 aliphatic heterocycles. The highest BCUT2D eigenvalue weighted by Crippen LogP contribution is 2.19. The van der Waals surface area contributed by atoms with Crippen LogP contribution in [0.4, 0.5) is 5.69 Å². The van der Waals surface area contributed by atoms with Crippen molar-refractivity contribution in [3.63, 3.8) is 0 Å². The Bertz CT molecular complexity index is 322. The molecular weight excluding hydrogens is 196 g/mol. The van der Waals surface area contributed by atoms with Crippen molar-refractivity contribution >= 4 is 5.69 Å². The summed E-state index contributed by atoms with van der Waals surface area (Å²) < 4.78 is 0. The monoisotopic (exact) mass is 220 g/mol. The first kappa shape index (κ1) is 13.0. The lowest BCUT2D eigenvalue weighted by molar-refractivity contribution is 0.358. The smallest absolute Gasteiger partial charge is 0.0345 e. The van der Waals surface area contributed by atoms with Crippen LogP contribution in [0.2, 0.25) is 0 Å². The van der Waals surface area contributed by atoms with Crippen LogP contribution in [0.25, 0.3) is 0 Å². The molecule has 0 bridgehead atoms. The number of nitrogens with one attached hydrogen (secondary N) is 1. The molecule has 0 aromatic heterocycles. The van der Waals surface area contributed by atoms with Gasteiger partial charge in [-0.1, -0.05) is 19.9 Å². The lowest BCUT2D eigenvalue weighted by atomic mass is 9.90. The van der Waals surface area contributed by atoms with Crippen LogP contribution in [0.5, 0.6) is 0 Å². The summed E-state index contributed by atoms with van der Waals surface area (Å²) in [7, 11) is 0. The summed E-state index contributed by atoms with van der Waals surface area (Å²) in [5, 5.41) is 3.46. The number of anilines is 1. The van der Waals surface area contributed by atoms with E-state index in [0.717, 1.165) is 19.5 Å². The third kappa shape index (κ3) is 4.23. The summed E-state index contributed by atoms with van der Waals surface area (Å²) in [6, 6.07) is 6.56. The molecule has 0 amide bonds. The van der Waals surface area contributed by atoms with E-state index in [2.05, 4.69) is 51.2 Å². The molecule has 0 fully saturated rings. The van der Waals surface area contributed by atoms with Crippen LogP contribution in [0.3, 0.4) is 0 Å². The quantitative estimate of drug-likeness (QED) is 0.800. The molecule has 0 aliphatic rings. The molecule has 1 aromatic carbocycles. The standard InChI is InChI=1S/C14H24N2/c1-11-7-12(2)9-13(8-11)16-6-5-14(3,4)10-15/h7-9,16H,5-6,10,15H2,1-4H3. The van der Waals surface area contributed by atoms with E-state index in [4.69, 9.17) is 5.73 Å². The van der Waals surface area contributed by atoms with Crippen molar-refractivity contribution in [2.45, 2.75) is 34.1 Å². The van der Waals surface area contributed by atoms with Crippen molar-refractivity contribution in [3.8, 4) is 0 Å². The first-order chi connectivity index (χ1) is 7.43. The molecule has 0 saturated carbocycles. The Kier molecular flexibility index (Phi) is 4.36. The zero-order valence-corrected chi connectivity index (χ0v) is 10.9. The summed E-state index contributed by atoms with van der Waals surface area (Å²) in [5.74, 6) is 0. The van der Waals surface area contributed by atoms with Crippen LogP contribution < -0.4 is 11.1 Å². The average molecular weight is 220 g/mol. The molecule has 2 heteroatoms. The van der Waals surface area contributed by atoms with Crippen LogP contribution in [-0.4, -0.2) is 13.1 Å². The van der Waals surface area contributed by atoms with Crippen molar-refractivity contribution in [1.29, 1.82) is 0 Å². The highest BCUT2D eigenvalue weighted by atomic mass is 14.9. The fourth-order valence-corrected chi connectivity index (χ4v) is 1.72. The Labute approximate surface area is 99.2 Å². The Hall–Kier alpha value is -1.02. The van der Waals surface area contributed by atoms with E-state index in [1.54, 1.807) is 0 Å². The Morgan fingerprint density at radius 1 is 1.12 bits per heavy atom. The normalized spacial score (nSPS) is 11.6. The second-order valence-electron chi connectivity index (χ2n) is 5.42. The van der Waals surface area contributed by atoms with Crippen molar-refractivity contribution in [2.24, 2.45) is 11.1 Å². The van der Waals surface area contributed by atoms with Gasteiger partial charge < -0.3 is 11.1 Å². The highest BCUT2D eigenvalue weighted by Gasteiger charge is 2.14. The van der Waals surface area contributed by atoms with Crippen LogP contribution in [-0.2, 0) is 0 Å². The fourth-order valence-electron chi connectivity index (χ4n) is 1.72. The second-order valence-corrected chi connectivity index (χ2v) is 5.42. The molecule has 2 nitrogen and oxygen atoms in total. The number of hydrogen-bond acceptors (Lipinski definition) is 2. The van der Waals surface area contributed by atoms with Crippen molar-refractivity contribution in [2.75, 3.05) is 18.4 Å². The van der Waals surface area contributed by atoms with E-state index in [1.165, 1.54) is 16.8 Å². The molecular formula is C14H24N2. The van der Waals surface area contributed by atoms with Gasteiger partial charge in [0.05, 0.1) is 0 Å². The van der Waals surface area contributed by atoms with Gasteiger partial charge in [-0.05, 0) is 55.5 Å². The van der Waals surface area contributed by atoms with E-state index in [-0.39, 0.29) is 5.41 Å². The highest BCUT2D eigenvalue weighted by molar-refractivity contribution is 5.48. The zero-order chi connectivity index (χ0) is 12.2. The van der Waals surface area contributed by atoms with E-state index in [0.29, 0.717) is 0 Å². The number of rotatable bonds is 5. The summed E-state index contributed by atoms with van der Waals surface area (Å²) in [4.78, 5) is 0. The number of hydrogen-bond donors (Lipinski definition) is 2. The van der Waals surface area contributed by atoms with Crippen LogP contribution >= 0.6 is 0 Å². The fraction of sp³-hybridized carbons (Fsp3) is 0.571. The topological polar surface area (TPSA) is 38.0 Å². The molecule has 0 unspecified atom stereocenters. The predicted octanol–water partition coefficient (Wildman–Crippen LogP) is 3.09.